The van der Waals surface area contributed by atoms with E-state index in [1.807, 2.05) is 78.9 Å². The number of nitrogens with one attached hydrogen (secondary N) is 1. The number of rotatable bonds is 10. The Balaban J connectivity index is 1.30. The predicted octanol–water partition coefficient (Wildman–Crippen LogP) is 6.41. The van der Waals surface area contributed by atoms with Crippen LogP contribution in [-0.2, 0) is 22.6 Å². The molecule has 0 radical (unpaired) electrons. The number of amides is 1. The highest BCUT2D eigenvalue weighted by Crippen LogP contribution is 2.22. The Labute approximate surface area is 221 Å². The summed E-state index contributed by atoms with van der Waals surface area (Å²) in [5.41, 5.74) is 4.73. The lowest BCUT2D eigenvalue weighted by molar-refractivity contribution is -0.141. The highest BCUT2D eigenvalue weighted by Gasteiger charge is 2.19. The molecule has 1 amide bonds. The van der Waals surface area contributed by atoms with E-state index in [9.17, 15) is 14.7 Å². The molecule has 0 fully saturated rings. The first-order valence-corrected chi connectivity index (χ1v) is 12.2. The van der Waals surface area contributed by atoms with Gasteiger partial charge in [-0.15, -0.1) is 0 Å². The summed E-state index contributed by atoms with van der Waals surface area (Å²) < 4.78 is 5.77. The van der Waals surface area contributed by atoms with E-state index in [0.717, 1.165) is 27.8 Å². The van der Waals surface area contributed by atoms with Crippen LogP contribution >= 0.6 is 11.6 Å². The van der Waals surface area contributed by atoms with Gasteiger partial charge in [0, 0.05) is 17.5 Å². The van der Waals surface area contributed by atoms with Gasteiger partial charge in [0.2, 0.25) is 5.91 Å². The third-order valence-corrected chi connectivity index (χ3v) is 5.99. The maximum atomic E-state index is 12.4. The van der Waals surface area contributed by atoms with Gasteiger partial charge in [-0.3, -0.25) is 4.79 Å². The Morgan fingerprint density at radius 2 is 1.43 bits per heavy atom. The summed E-state index contributed by atoms with van der Waals surface area (Å²) in [5, 5.41) is 12.9. The molecule has 0 saturated heterocycles. The van der Waals surface area contributed by atoms with E-state index >= 15 is 0 Å². The van der Waals surface area contributed by atoms with Gasteiger partial charge in [-0.25, -0.2) is 4.79 Å². The number of halogens is 1. The Morgan fingerprint density at radius 3 is 2.05 bits per heavy atom. The van der Waals surface area contributed by atoms with Crippen molar-refractivity contribution in [2.24, 2.45) is 0 Å². The summed E-state index contributed by atoms with van der Waals surface area (Å²) >= 11 is 5.94. The Kier molecular flexibility index (Phi) is 8.74. The van der Waals surface area contributed by atoms with Crippen molar-refractivity contribution >= 4 is 29.6 Å². The number of carboxylic acid groups (broad SMARTS) is 1. The first kappa shape index (κ1) is 25.7. The average molecular weight is 512 g/mol. The highest BCUT2D eigenvalue weighted by molar-refractivity contribution is 6.30. The molecular formula is C31H26ClNO4. The van der Waals surface area contributed by atoms with Gasteiger partial charge in [-0.1, -0.05) is 90.5 Å². The zero-order valence-corrected chi connectivity index (χ0v) is 20.8. The number of benzene rings is 4. The highest BCUT2D eigenvalue weighted by atomic mass is 35.5. The third kappa shape index (κ3) is 7.82. The fourth-order valence-electron chi connectivity index (χ4n) is 3.72. The van der Waals surface area contributed by atoms with E-state index in [2.05, 4.69) is 5.32 Å². The fraction of sp³-hybridized carbons (Fsp3) is 0.0968. The SMILES string of the molecule is O=C(/C=C/c1ccc(-c2ccc(Cl)cc2)cc1)NC(Cc1ccc(OCc2ccccc2)cc1)C(=O)O. The molecule has 4 aromatic rings. The van der Waals surface area contributed by atoms with Crippen LogP contribution in [0.15, 0.2) is 109 Å². The van der Waals surface area contributed by atoms with Crippen molar-refractivity contribution in [3.8, 4) is 16.9 Å². The van der Waals surface area contributed by atoms with Gasteiger partial charge in [0.1, 0.15) is 18.4 Å². The number of ether oxygens (including phenoxy) is 1. The summed E-state index contributed by atoms with van der Waals surface area (Å²) in [6, 6.07) is 31.2. The van der Waals surface area contributed by atoms with Crippen molar-refractivity contribution in [3.05, 3.63) is 131 Å². The van der Waals surface area contributed by atoms with Gasteiger partial charge in [-0.2, -0.15) is 0 Å². The first-order valence-electron chi connectivity index (χ1n) is 11.8. The molecule has 0 bridgehead atoms. The van der Waals surface area contributed by atoms with Crippen molar-refractivity contribution in [2.45, 2.75) is 19.1 Å². The van der Waals surface area contributed by atoms with Gasteiger partial charge in [0.25, 0.3) is 0 Å². The molecule has 0 aromatic heterocycles. The van der Waals surface area contributed by atoms with Crippen LogP contribution in [0.4, 0.5) is 0 Å². The largest absolute Gasteiger partial charge is 0.489 e. The Morgan fingerprint density at radius 1 is 0.811 bits per heavy atom. The molecule has 1 atom stereocenters. The molecule has 0 aliphatic heterocycles. The van der Waals surface area contributed by atoms with Crippen LogP contribution in [0.25, 0.3) is 17.2 Å². The van der Waals surface area contributed by atoms with Crippen LogP contribution in [0, 0.1) is 0 Å². The zero-order valence-electron chi connectivity index (χ0n) is 20.0. The summed E-state index contributed by atoms with van der Waals surface area (Å²) in [4.78, 5) is 24.2. The molecule has 0 spiro atoms. The molecule has 0 heterocycles. The molecule has 6 heteroatoms. The van der Waals surface area contributed by atoms with Crippen molar-refractivity contribution < 1.29 is 19.4 Å². The van der Waals surface area contributed by atoms with E-state index in [-0.39, 0.29) is 6.42 Å². The van der Waals surface area contributed by atoms with Crippen LogP contribution in [-0.4, -0.2) is 23.0 Å². The van der Waals surface area contributed by atoms with Crippen LogP contribution in [0.1, 0.15) is 16.7 Å². The second kappa shape index (κ2) is 12.6. The Hall–Kier alpha value is -4.35. The number of carboxylic acids is 1. The topological polar surface area (TPSA) is 75.6 Å². The van der Waals surface area contributed by atoms with Crippen LogP contribution < -0.4 is 10.1 Å². The monoisotopic (exact) mass is 511 g/mol. The molecule has 37 heavy (non-hydrogen) atoms. The van der Waals surface area contributed by atoms with Gasteiger partial charge < -0.3 is 15.2 Å². The number of hydrogen-bond acceptors (Lipinski definition) is 3. The normalized spacial score (nSPS) is 11.7. The van der Waals surface area contributed by atoms with Gasteiger partial charge in [0.05, 0.1) is 0 Å². The summed E-state index contributed by atoms with van der Waals surface area (Å²) in [7, 11) is 0. The van der Waals surface area contributed by atoms with E-state index in [4.69, 9.17) is 16.3 Å². The second-order valence-electron chi connectivity index (χ2n) is 8.48. The standard InChI is InChI=1S/C31H26ClNO4/c32-27-15-13-26(14-16-27)25-11-6-22(7-12-25)10-19-30(34)33-29(31(35)36)20-23-8-17-28(18-9-23)37-21-24-4-2-1-3-5-24/h1-19,29H,20-21H2,(H,33,34)(H,35,36)/b19-10+. The minimum absolute atomic E-state index is 0.156. The van der Waals surface area contributed by atoms with Crippen molar-refractivity contribution in [1.29, 1.82) is 0 Å². The molecule has 1 unspecified atom stereocenters. The molecule has 0 aliphatic carbocycles. The summed E-state index contributed by atoms with van der Waals surface area (Å²) in [5.74, 6) is -0.885. The van der Waals surface area contributed by atoms with Gasteiger partial charge >= 0.3 is 5.97 Å². The maximum Gasteiger partial charge on any atom is 0.326 e. The number of aliphatic carboxylic acids is 1. The summed E-state index contributed by atoms with van der Waals surface area (Å²) in [6.45, 7) is 0.449. The molecule has 0 saturated carbocycles. The van der Waals surface area contributed by atoms with E-state index in [1.54, 1.807) is 30.3 Å². The van der Waals surface area contributed by atoms with Crippen molar-refractivity contribution in [1.82, 2.24) is 5.32 Å². The number of carbonyl (C=O) groups excluding carboxylic acids is 1. The quantitative estimate of drug-likeness (QED) is 0.241. The third-order valence-electron chi connectivity index (χ3n) is 5.74. The minimum Gasteiger partial charge on any atom is -0.489 e. The van der Waals surface area contributed by atoms with Crippen LogP contribution in [0.3, 0.4) is 0 Å². The van der Waals surface area contributed by atoms with E-state index in [1.165, 1.54) is 6.08 Å². The smallest absolute Gasteiger partial charge is 0.326 e. The van der Waals surface area contributed by atoms with E-state index < -0.39 is 17.9 Å². The first-order chi connectivity index (χ1) is 18.0. The Bertz CT molecular complexity index is 1350. The molecule has 186 valence electrons. The number of hydrogen-bond donors (Lipinski definition) is 2. The lowest BCUT2D eigenvalue weighted by atomic mass is 10.0. The molecule has 2 N–H and O–H groups in total. The molecule has 0 aliphatic rings. The zero-order chi connectivity index (χ0) is 26.0. The van der Waals surface area contributed by atoms with Crippen LogP contribution in [0.5, 0.6) is 5.75 Å². The molecule has 4 aromatic carbocycles. The van der Waals surface area contributed by atoms with Gasteiger partial charge in [-0.05, 0) is 58.2 Å². The van der Waals surface area contributed by atoms with Crippen LogP contribution in [0.2, 0.25) is 5.02 Å². The number of carbonyl (C=O) groups is 2. The predicted molar refractivity (Wildman–Crippen MR) is 146 cm³/mol. The lowest BCUT2D eigenvalue weighted by Gasteiger charge is -2.14. The van der Waals surface area contributed by atoms with Gasteiger partial charge in [0.15, 0.2) is 0 Å². The minimum atomic E-state index is -1.10. The molecule has 5 nitrogen and oxygen atoms in total. The maximum absolute atomic E-state index is 12.4. The summed E-state index contributed by atoms with van der Waals surface area (Å²) in [6.07, 6.45) is 3.15. The van der Waals surface area contributed by atoms with Crippen molar-refractivity contribution in [2.75, 3.05) is 0 Å². The van der Waals surface area contributed by atoms with E-state index in [0.29, 0.717) is 17.4 Å². The second-order valence-corrected chi connectivity index (χ2v) is 8.92. The average Bonchev–Trinajstić information content (AvgIpc) is 2.92. The lowest BCUT2D eigenvalue weighted by Crippen LogP contribution is -2.41. The molecular weight excluding hydrogens is 486 g/mol. The molecule has 4 rings (SSSR count). The van der Waals surface area contributed by atoms with Crippen molar-refractivity contribution in [3.63, 3.8) is 0 Å². The fourth-order valence-corrected chi connectivity index (χ4v) is 3.85.